The van der Waals surface area contributed by atoms with Crippen molar-refractivity contribution in [3.05, 3.63) is 34.6 Å². The maximum absolute atomic E-state index is 13.3. The molecule has 1 aromatic rings. The third-order valence-electron chi connectivity index (χ3n) is 2.07. The molecule has 0 spiro atoms. The first kappa shape index (κ1) is 13.4. The Morgan fingerprint density at radius 1 is 1.41 bits per heavy atom. The lowest BCUT2D eigenvalue weighted by Crippen LogP contribution is -2.36. The van der Waals surface area contributed by atoms with Crippen LogP contribution in [0.15, 0.2) is 18.2 Å². The zero-order valence-corrected chi connectivity index (χ0v) is 10.2. The molecule has 0 aromatic heterocycles. The largest absolute Gasteiger partial charge is 0.347 e. The van der Waals surface area contributed by atoms with E-state index in [1.54, 1.807) is 14.1 Å². The summed E-state index contributed by atoms with van der Waals surface area (Å²) >= 11 is 5.65. The van der Waals surface area contributed by atoms with Gasteiger partial charge in [-0.25, -0.2) is 4.39 Å². The summed E-state index contributed by atoms with van der Waals surface area (Å²) in [5, 5.41) is 2.58. The summed E-state index contributed by atoms with van der Waals surface area (Å²) in [5.41, 5.74) is -0.177. The Labute approximate surface area is 103 Å². The number of carbonyl (C=O) groups is 2. The van der Waals surface area contributed by atoms with E-state index in [4.69, 9.17) is 11.6 Å². The van der Waals surface area contributed by atoms with Gasteiger partial charge in [-0.05, 0) is 18.2 Å². The molecule has 4 nitrogen and oxygen atoms in total. The number of nitrogens with zero attached hydrogens (tertiary/aromatic N) is 1. The number of amides is 2. The van der Waals surface area contributed by atoms with Crippen molar-refractivity contribution in [1.82, 2.24) is 10.2 Å². The Hall–Kier alpha value is -1.62. The van der Waals surface area contributed by atoms with Gasteiger partial charge in [-0.2, -0.15) is 0 Å². The Morgan fingerprint density at radius 3 is 2.65 bits per heavy atom. The number of hydrogen-bond acceptors (Lipinski definition) is 2. The normalized spacial score (nSPS) is 9.88. The van der Waals surface area contributed by atoms with Gasteiger partial charge in [0.15, 0.2) is 0 Å². The monoisotopic (exact) mass is 258 g/mol. The third-order valence-corrected chi connectivity index (χ3v) is 2.31. The molecule has 0 radical (unpaired) electrons. The fourth-order valence-electron chi connectivity index (χ4n) is 1.08. The van der Waals surface area contributed by atoms with Crippen molar-refractivity contribution >= 4 is 23.4 Å². The molecule has 0 heterocycles. The molecule has 2 amide bonds. The second kappa shape index (κ2) is 5.63. The van der Waals surface area contributed by atoms with Crippen LogP contribution in [0.3, 0.4) is 0 Å². The van der Waals surface area contributed by atoms with Crippen molar-refractivity contribution in [2.75, 3.05) is 20.6 Å². The number of nitrogens with one attached hydrogen (secondary N) is 1. The summed E-state index contributed by atoms with van der Waals surface area (Å²) < 4.78 is 13.3. The van der Waals surface area contributed by atoms with Crippen molar-refractivity contribution in [2.24, 2.45) is 0 Å². The van der Waals surface area contributed by atoms with Crippen molar-refractivity contribution in [2.45, 2.75) is 0 Å². The van der Waals surface area contributed by atoms with Gasteiger partial charge in [-0.1, -0.05) is 11.6 Å². The topological polar surface area (TPSA) is 49.4 Å². The summed E-state index contributed by atoms with van der Waals surface area (Å²) in [6, 6.07) is 3.66. The minimum absolute atomic E-state index is 0.177. The van der Waals surface area contributed by atoms with E-state index in [-0.39, 0.29) is 23.0 Å². The lowest BCUT2D eigenvalue weighted by Gasteiger charge is -2.11. The first-order valence-corrected chi connectivity index (χ1v) is 5.23. The molecule has 17 heavy (non-hydrogen) atoms. The molecular formula is C11H12ClFN2O2. The molecule has 0 aliphatic rings. The molecule has 6 heteroatoms. The molecule has 92 valence electrons. The van der Waals surface area contributed by atoms with Crippen molar-refractivity contribution in [3.8, 4) is 0 Å². The van der Waals surface area contributed by atoms with Crippen molar-refractivity contribution in [3.63, 3.8) is 0 Å². The molecule has 0 saturated carbocycles. The van der Waals surface area contributed by atoms with Crippen molar-refractivity contribution in [1.29, 1.82) is 0 Å². The number of halogens is 2. The number of carbonyl (C=O) groups excluding carboxylic acids is 2. The molecule has 0 saturated heterocycles. The van der Waals surface area contributed by atoms with Crippen LogP contribution in [0.5, 0.6) is 0 Å². The van der Waals surface area contributed by atoms with Crippen LogP contribution in [0, 0.1) is 5.82 Å². The van der Waals surface area contributed by atoms with E-state index < -0.39 is 11.7 Å². The molecule has 0 aliphatic heterocycles. The molecule has 0 bridgehead atoms. The predicted molar refractivity (Wildman–Crippen MR) is 62.4 cm³/mol. The van der Waals surface area contributed by atoms with Gasteiger partial charge in [0.2, 0.25) is 5.91 Å². The second-order valence-electron chi connectivity index (χ2n) is 3.60. The van der Waals surface area contributed by atoms with Gasteiger partial charge in [0, 0.05) is 19.1 Å². The summed E-state index contributed by atoms with van der Waals surface area (Å²) in [6.45, 7) is -0.183. The smallest absolute Gasteiger partial charge is 0.254 e. The minimum Gasteiger partial charge on any atom is -0.347 e. The molecule has 0 atom stereocenters. The highest BCUT2D eigenvalue weighted by atomic mass is 35.5. The van der Waals surface area contributed by atoms with Gasteiger partial charge in [-0.15, -0.1) is 0 Å². The fourth-order valence-corrected chi connectivity index (χ4v) is 1.25. The number of rotatable bonds is 3. The maximum Gasteiger partial charge on any atom is 0.254 e. The van der Waals surface area contributed by atoms with E-state index in [1.807, 2.05) is 0 Å². The number of likely N-dealkylation sites (N-methyl/N-ethyl adjacent to an activating group) is 1. The number of benzene rings is 1. The molecule has 0 aliphatic carbocycles. The van der Waals surface area contributed by atoms with E-state index >= 15 is 0 Å². The molecular weight excluding hydrogens is 247 g/mol. The van der Waals surface area contributed by atoms with Crippen molar-refractivity contribution < 1.29 is 14.0 Å². The van der Waals surface area contributed by atoms with Crippen LogP contribution in [0.4, 0.5) is 4.39 Å². The molecule has 0 unspecified atom stereocenters. The summed E-state index contributed by atoms with van der Waals surface area (Å²) in [5.74, 6) is -1.62. The van der Waals surface area contributed by atoms with Crippen LogP contribution < -0.4 is 5.32 Å². The molecule has 1 N–H and O–H groups in total. The van der Waals surface area contributed by atoms with Gasteiger partial charge in [0.25, 0.3) is 5.91 Å². The van der Waals surface area contributed by atoms with E-state index in [9.17, 15) is 14.0 Å². The van der Waals surface area contributed by atoms with E-state index in [1.165, 1.54) is 17.0 Å². The lowest BCUT2D eigenvalue weighted by molar-refractivity contribution is -0.127. The summed E-state index contributed by atoms with van der Waals surface area (Å²) in [4.78, 5) is 24.1. The Balaban J connectivity index is 2.70. The zero-order chi connectivity index (χ0) is 13.0. The summed E-state index contributed by atoms with van der Waals surface area (Å²) in [7, 11) is 3.13. The Kier molecular flexibility index (Phi) is 4.45. The van der Waals surface area contributed by atoms with Crippen LogP contribution in [-0.2, 0) is 4.79 Å². The first-order valence-electron chi connectivity index (χ1n) is 4.85. The van der Waals surface area contributed by atoms with Gasteiger partial charge < -0.3 is 10.2 Å². The van der Waals surface area contributed by atoms with E-state index in [2.05, 4.69) is 5.32 Å². The SMILES string of the molecule is CN(C)C(=O)CNC(=O)c1cc(Cl)ccc1F. The van der Waals surface area contributed by atoms with Gasteiger partial charge in [-0.3, -0.25) is 9.59 Å². The highest BCUT2D eigenvalue weighted by Gasteiger charge is 2.13. The van der Waals surface area contributed by atoms with Crippen LogP contribution in [-0.4, -0.2) is 37.4 Å². The third kappa shape index (κ3) is 3.71. The summed E-state index contributed by atoms with van der Waals surface area (Å²) in [6.07, 6.45) is 0. The van der Waals surface area contributed by atoms with E-state index in [0.29, 0.717) is 0 Å². The van der Waals surface area contributed by atoms with Crippen LogP contribution in [0.1, 0.15) is 10.4 Å². The lowest BCUT2D eigenvalue weighted by atomic mass is 10.2. The molecule has 0 fully saturated rings. The van der Waals surface area contributed by atoms with Gasteiger partial charge in [0.1, 0.15) is 5.82 Å². The average Bonchev–Trinajstić information content (AvgIpc) is 2.28. The maximum atomic E-state index is 13.3. The van der Waals surface area contributed by atoms with E-state index in [0.717, 1.165) is 6.07 Å². The Bertz CT molecular complexity index is 449. The fraction of sp³-hybridized carbons (Fsp3) is 0.273. The Morgan fingerprint density at radius 2 is 2.06 bits per heavy atom. The highest BCUT2D eigenvalue weighted by molar-refractivity contribution is 6.31. The zero-order valence-electron chi connectivity index (χ0n) is 9.46. The first-order chi connectivity index (χ1) is 7.91. The average molecular weight is 259 g/mol. The highest BCUT2D eigenvalue weighted by Crippen LogP contribution is 2.14. The quantitative estimate of drug-likeness (QED) is 0.888. The minimum atomic E-state index is -0.677. The molecule has 1 aromatic carbocycles. The van der Waals surface area contributed by atoms with Crippen LogP contribution in [0.25, 0.3) is 0 Å². The van der Waals surface area contributed by atoms with Gasteiger partial charge >= 0.3 is 0 Å². The van der Waals surface area contributed by atoms with Crippen LogP contribution >= 0.6 is 11.6 Å². The van der Waals surface area contributed by atoms with Gasteiger partial charge in [0.05, 0.1) is 12.1 Å². The second-order valence-corrected chi connectivity index (χ2v) is 4.03. The number of hydrogen-bond donors (Lipinski definition) is 1. The predicted octanol–water partition coefficient (Wildman–Crippen LogP) is 1.30. The van der Waals surface area contributed by atoms with Crippen LogP contribution in [0.2, 0.25) is 5.02 Å². The molecule has 1 rings (SSSR count). The standard InChI is InChI=1S/C11H12ClFN2O2/c1-15(2)10(16)6-14-11(17)8-5-7(12)3-4-9(8)13/h3-5H,6H2,1-2H3,(H,14,17).